The van der Waals surface area contributed by atoms with Crippen molar-refractivity contribution < 1.29 is 18.4 Å². The van der Waals surface area contributed by atoms with Gasteiger partial charge in [-0.1, -0.05) is 24.3 Å². The SMILES string of the molecule is CC(=O)c1ccc2cc(N(C)CC(=O)N(CCCN)Cc3c(F)cccc3F)ccc2c1. The fraction of sp³-hybridized carbons (Fsp3) is 0.280. The molecular weight excluding hydrogens is 412 g/mol. The molecule has 0 radical (unpaired) electrons. The smallest absolute Gasteiger partial charge is 0.242 e. The second kappa shape index (κ2) is 10.3. The number of ketones is 1. The van der Waals surface area contributed by atoms with Gasteiger partial charge in [-0.3, -0.25) is 9.59 Å². The zero-order chi connectivity index (χ0) is 23.3. The molecule has 0 bridgehead atoms. The highest BCUT2D eigenvalue weighted by atomic mass is 19.1. The Balaban J connectivity index is 1.77. The first-order chi connectivity index (χ1) is 15.3. The van der Waals surface area contributed by atoms with Gasteiger partial charge in [0.25, 0.3) is 0 Å². The lowest BCUT2D eigenvalue weighted by atomic mass is 10.0. The number of hydrogen-bond donors (Lipinski definition) is 1. The fourth-order valence-corrected chi connectivity index (χ4v) is 3.53. The van der Waals surface area contributed by atoms with Crippen LogP contribution in [-0.4, -0.2) is 43.3 Å². The van der Waals surface area contributed by atoms with Crippen molar-refractivity contribution in [3.63, 3.8) is 0 Å². The number of rotatable bonds is 9. The number of carbonyl (C=O) groups excluding carboxylic acids is 2. The summed E-state index contributed by atoms with van der Waals surface area (Å²) in [4.78, 5) is 27.8. The summed E-state index contributed by atoms with van der Waals surface area (Å²) in [6.45, 7) is 2.09. The zero-order valence-electron chi connectivity index (χ0n) is 18.3. The molecule has 0 spiro atoms. The topological polar surface area (TPSA) is 66.6 Å². The van der Waals surface area contributed by atoms with Crippen LogP contribution in [0, 0.1) is 11.6 Å². The van der Waals surface area contributed by atoms with Gasteiger partial charge in [0, 0.05) is 30.4 Å². The molecule has 0 fully saturated rings. The summed E-state index contributed by atoms with van der Waals surface area (Å²) in [5.41, 5.74) is 6.92. The van der Waals surface area contributed by atoms with Gasteiger partial charge >= 0.3 is 0 Å². The molecular formula is C25H27F2N3O2. The molecule has 32 heavy (non-hydrogen) atoms. The number of nitrogens with two attached hydrogens (primary N) is 1. The van der Waals surface area contributed by atoms with Gasteiger partial charge in [0.15, 0.2) is 5.78 Å². The molecule has 3 rings (SSSR count). The van der Waals surface area contributed by atoms with Gasteiger partial charge in [0.2, 0.25) is 5.91 Å². The average Bonchev–Trinajstić information content (AvgIpc) is 2.77. The second-order valence-electron chi connectivity index (χ2n) is 7.82. The van der Waals surface area contributed by atoms with Gasteiger partial charge in [0.1, 0.15) is 11.6 Å². The van der Waals surface area contributed by atoms with Crippen LogP contribution < -0.4 is 10.6 Å². The van der Waals surface area contributed by atoms with Crippen LogP contribution in [-0.2, 0) is 11.3 Å². The van der Waals surface area contributed by atoms with Crippen LogP contribution in [0.15, 0.2) is 54.6 Å². The molecule has 0 atom stereocenters. The van der Waals surface area contributed by atoms with Crippen molar-refractivity contribution in [2.45, 2.75) is 19.9 Å². The lowest BCUT2D eigenvalue weighted by Gasteiger charge is -2.27. The number of fused-ring (bicyclic) bond motifs is 1. The highest BCUT2D eigenvalue weighted by molar-refractivity contribution is 5.99. The van der Waals surface area contributed by atoms with Crippen LogP contribution in [0.25, 0.3) is 10.8 Å². The van der Waals surface area contributed by atoms with Gasteiger partial charge in [-0.2, -0.15) is 0 Å². The van der Waals surface area contributed by atoms with E-state index in [0.717, 1.165) is 16.5 Å². The normalized spacial score (nSPS) is 10.9. The van der Waals surface area contributed by atoms with Crippen molar-refractivity contribution in [1.29, 1.82) is 0 Å². The Morgan fingerprint density at radius 1 is 0.969 bits per heavy atom. The third kappa shape index (κ3) is 5.48. The van der Waals surface area contributed by atoms with E-state index >= 15 is 0 Å². The van der Waals surface area contributed by atoms with Gasteiger partial charge < -0.3 is 15.5 Å². The largest absolute Gasteiger partial charge is 0.365 e. The van der Waals surface area contributed by atoms with Crippen molar-refractivity contribution in [2.24, 2.45) is 5.73 Å². The minimum Gasteiger partial charge on any atom is -0.365 e. The molecule has 7 heteroatoms. The molecule has 2 N–H and O–H groups in total. The standard InChI is InChI=1S/C25H27F2N3O2/c1-17(31)18-7-8-20-14-21(10-9-19(20)13-18)29(2)16-25(32)30(12-4-11-28)15-22-23(26)5-3-6-24(22)27/h3,5-10,13-14H,4,11-12,15-16,28H2,1-2H3. The quantitative estimate of drug-likeness (QED) is 0.509. The Labute approximate surface area is 186 Å². The van der Waals surface area contributed by atoms with E-state index in [4.69, 9.17) is 5.73 Å². The number of halogens is 2. The molecule has 0 aliphatic heterocycles. The summed E-state index contributed by atoms with van der Waals surface area (Å²) in [7, 11) is 1.79. The number of benzene rings is 3. The zero-order valence-corrected chi connectivity index (χ0v) is 18.3. The van der Waals surface area contributed by atoms with Gasteiger partial charge in [-0.25, -0.2) is 8.78 Å². The second-order valence-corrected chi connectivity index (χ2v) is 7.82. The van der Waals surface area contributed by atoms with E-state index in [1.54, 1.807) is 18.0 Å². The Morgan fingerprint density at radius 2 is 1.62 bits per heavy atom. The molecule has 0 aromatic heterocycles. The lowest BCUT2D eigenvalue weighted by Crippen LogP contribution is -2.40. The lowest BCUT2D eigenvalue weighted by molar-refractivity contribution is -0.130. The molecule has 3 aromatic carbocycles. The number of Topliss-reactive ketones (excluding diaryl/α,β-unsaturated/α-hetero) is 1. The van der Waals surface area contributed by atoms with Crippen molar-refractivity contribution in [1.82, 2.24) is 4.90 Å². The maximum atomic E-state index is 14.1. The first kappa shape index (κ1) is 23.3. The summed E-state index contributed by atoms with van der Waals surface area (Å²) >= 11 is 0. The van der Waals surface area contributed by atoms with Gasteiger partial charge in [-0.15, -0.1) is 0 Å². The summed E-state index contributed by atoms with van der Waals surface area (Å²) in [6.07, 6.45) is 0.528. The Bertz CT molecular complexity index is 1110. The molecule has 0 aliphatic rings. The molecule has 0 heterocycles. The van der Waals surface area contributed by atoms with Crippen LogP contribution in [0.4, 0.5) is 14.5 Å². The molecule has 5 nitrogen and oxygen atoms in total. The van der Waals surface area contributed by atoms with E-state index in [-0.39, 0.29) is 30.3 Å². The summed E-state index contributed by atoms with van der Waals surface area (Å²) in [5, 5.41) is 1.88. The molecule has 0 aliphatic carbocycles. The third-order valence-corrected chi connectivity index (χ3v) is 5.44. The minimum absolute atomic E-state index is 0.00236. The van der Waals surface area contributed by atoms with Crippen molar-refractivity contribution in [2.75, 3.05) is 31.6 Å². The maximum Gasteiger partial charge on any atom is 0.242 e. The molecule has 1 amide bonds. The van der Waals surface area contributed by atoms with E-state index in [2.05, 4.69) is 0 Å². The highest BCUT2D eigenvalue weighted by Crippen LogP contribution is 2.23. The van der Waals surface area contributed by atoms with Crippen molar-refractivity contribution in [3.8, 4) is 0 Å². The summed E-state index contributed by atoms with van der Waals surface area (Å²) in [5.74, 6) is -1.61. The van der Waals surface area contributed by atoms with Crippen LogP contribution in [0.2, 0.25) is 0 Å². The van der Waals surface area contributed by atoms with Crippen molar-refractivity contribution in [3.05, 3.63) is 77.4 Å². The van der Waals surface area contributed by atoms with E-state index in [1.807, 2.05) is 30.3 Å². The number of nitrogens with zero attached hydrogens (tertiary/aromatic N) is 2. The number of hydrogen-bond acceptors (Lipinski definition) is 4. The first-order valence-corrected chi connectivity index (χ1v) is 10.5. The molecule has 3 aromatic rings. The van der Waals surface area contributed by atoms with E-state index in [9.17, 15) is 18.4 Å². The third-order valence-electron chi connectivity index (χ3n) is 5.44. The first-order valence-electron chi connectivity index (χ1n) is 10.5. The summed E-state index contributed by atoms with van der Waals surface area (Å²) < 4.78 is 28.2. The number of amides is 1. The fourth-order valence-electron chi connectivity index (χ4n) is 3.53. The van der Waals surface area contributed by atoms with Crippen LogP contribution >= 0.6 is 0 Å². The number of carbonyl (C=O) groups is 2. The van der Waals surface area contributed by atoms with Crippen molar-refractivity contribution >= 4 is 28.2 Å². The average molecular weight is 440 g/mol. The van der Waals surface area contributed by atoms with Crippen LogP contribution in [0.1, 0.15) is 29.3 Å². The highest BCUT2D eigenvalue weighted by Gasteiger charge is 2.20. The van der Waals surface area contributed by atoms with E-state index < -0.39 is 11.6 Å². The molecule has 0 saturated heterocycles. The summed E-state index contributed by atoms with van der Waals surface area (Å²) in [6, 6.07) is 14.9. The van der Waals surface area contributed by atoms with Crippen LogP contribution in [0.5, 0.6) is 0 Å². The van der Waals surface area contributed by atoms with E-state index in [0.29, 0.717) is 25.1 Å². The van der Waals surface area contributed by atoms with E-state index in [1.165, 1.54) is 30.0 Å². The minimum atomic E-state index is -0.677. The van der Waals surface area contributed by atoms with Crippen LogP contribution in [0.3, 0.4) is 0 Å². The van der Waals surface area contributed by atoms with Gasteiger partial charge in [-0.05, 0) is 61.0 Å². The number of likely N-dealkylation sites (N-methyl/N-ethyl adjacent to an activating group) is 1. The Morgan fingerprint density at radius 3 is 2.28 bits per heavy atom. The maximum absolute atomic E-state index is 14.1. The molecule has 0 saturated carbocycles. The molecule has 168 valence electrons. The molecule has 0 unspecified atom stereocenters. The number of anilines is 1. The predicted octanol–water partition coefficient (Wildman–Crippen LogP) is 4.13. The predicted molar refractivity (Wildman–Crippen MR) is 123 cm³/mol. The monoisotopic (exact) mass is 439 g/mol. The Kier molecular flexibility index (Phi) is 7.53. The van der Waals surface area contributed by atoms with Gasteiger partial charge in [0.05, 0.1) is 13.1 Å². The Hall–Kier alpha value is -3.32.